The third-order valence-corrected chi connectivity index (χ3v) is 5.65. The molecule has 2 rings (SSSR count). The van der Waals surface area contributed by atoms with Gasteiger partial charge in [-0.15, -0.1) is 0 Å². The van der Waals surface area contributed by atoms with Gasteiger partial charge >= 0.3 is 12.2 Å². The van der Waals surface area contributed by atoms with E-state index in [1.165, 1.54) is 9.80 Å². The molecule has 0 spiro atoms. The van der Waals surface area contributed by atoms with Crippen LogP contribution in [0.2, 0.25) is 39.3 Å². The minimum absolute atomic E-state index is 0.0841. The summed E-state index contributed by atoms with van der Waals surface area (Å²) in [5.41, 5.74) is 0.422. The van der Waals surface area contributed by atoms with Crippen LogP contribution in [-0.4, -0.2) is 87.1 Å². The summed E-state index contributed by atoms with van der Waals surface area (Å²) < 4.78 is 16.1. The molecule has 204 valence electrons. The fourth-order valence-corrected chi connectivity index (χ4v) is 3.95. The summed E-state index contributed by atoms with van der Waals surface area (Å²) >= 11 is 0. The highest BCUT2D eigenvalue weighted by atomic mass is 28.4. The van der Waals surface area contributed by atoms with E-state index in [9.17, 15) is 19.6 Å². The van der Waals surface area contributed by atoms with Crippen molar-refractivity contribution in [2.24, 2.45) is 0 Å². The summed E-state index contributed by atoms with van der Waals surface area (Å²) in [5.74, 6) is 0.0841. The van der Waals surface area contributed by atoms with Crippen molar-refractivity contribution in [2.45, 2.75) is 97.6 Å². The Hall–Kier alpha value is -2.42. The highest BCUT2D eigenvalue weighted by molar-refractivity contribution is 6.83. The Morgan fingerprint density at radius 3 is 1.44 bits per heavy atom. The van der Waals surface area contributed by atoms with Crippen molar-refractivity contribution in [3.8, 4) is 11.8 Å². The second kappa shape index (κ2) is 12.2. The van der Waals surface area contributed by atoms with Crippen molar-refractivity contribution in [1.29, 1.82) is 10.5 Å². The second-order valence-electron chi connectivity index (χ2n) is 12.9. The third-order valence-electron chi connectivity index (χ3n) is 3.97. The van der Waals surface area contributed by atoms with Gasteiger partial charge in [-0.1, -0.05) is 19.6 Å². The fourth-order valence-electron chi connectivity index (χ4n) is 2.61. The van der Waals surface area contributed by atoms with Gasteiger partial charge in [0.2, 0.25) is 0 Å². The highest BCUT2D eigenvalue weighted by Gasteiger charge is 2.50. The zero-order valence-electron chi connectivity index (χ0n) is 24.1. The van der Waals surface area contributed by atoms with Crippen LogP contribution in [0.1, 0.15) is 41.5 Å². The molecule has 0 aromatic carbocycles. The zero-order chi connectivity index (χ0) is 28.8. The topological polar surface area (TPSA) is 133 Å². The maximum absolute atomic E-state index is 11.8. The number of ether oxygens (including phenoxy) is 2. The molecule has 0 bridgehead atoms. The van der Waals surface area contributed by atoms with Gasteiger partial charge in [-0.2, -0.15) is 5.26 Å². The van der Waals surface area contributed by atoms with Crippen LogP contribution in [0, 0.1) is 22.3 Å². The van der Waals surface area contributed by atoms with E-state index in [1.807, 2.05) is 60.1 Å². The molecule has 10 nitrogen and oxygen atoms in total. The van der Waals surface area contributed by atoms with Crippen molar-refractivity contribution in [1.82, 2.24) is 9.80 Å². The average molecular weight is 541 g/mol. The monoisotopic (exact) mass is 540 g/mol. The lowest BCUT2D eigenvalue weighted by molar-refractivity contribution is -0.128. The molecule has 0 aliphatic carbocycles. The SMILES string of the molecule is CC(C)(C)OC(=O)N1CC(=O)C1.CC(C)(C)OC(=O)N1CC(C#N)(O[Si](C)(C)C)C1.C[Si](C)(C)C#N. The van der Waals surface area contributed by atoms with Gasteiger partial charge in [0.1, 0.15) is 17.3 Å². The Morgan fingerprint density at radius 2 is 1.19 bits per heavy atom. The van der Waals surface area contributed by atoms with E-state index in [4.69, 9.17) is 19.2 Å². The molecule has 36 heavy (non-hydrogen) atoms. The number of carbonyl (C=O) groups excluding carboxylic acids is 3. The van der Waals surface area contributed by atoms with Crippen LogP contribution < -0.4 is 0 Å². The molecule has 2 aliphatic heterocycles. The largest absolute Gasteiger partial charge is 0.444 e. The van der Waals surface area contributed by atoms with Crippen LogP contribution in [0.4, 0.5) is 9.59 Å². The zero-order valence-corrected chi connectivity index (χ0v) is 26.1. The lowest BCUT2D eigenvalue weighted by Crippen LogP contribution is -2.66. The molecule has 12 heteroatoms. The molecule has 0 atom stereocenters. The van der Waals surface area contributed by atoms with E-state index in [1.54, 1.807) is 20.8 Å². The lowest BCUT2D eigenvalue weighted by atomic mass is 9.97. The minimum Gasteiger partial charge on any atom is -0.444 e. The van der Waals surface area contributed by atoms with E-state index in [0.29, 0.717) is 13.1 Å². The summed E-state index contributed by atoms with van der Waals surface area (Å²) in [4.78, 5) is 36.3. The Balaban J connectivity index is 0.000000583. The number of rotatable bonds is 2. The second-order valence-corrected chi connectivity index (χ2v) is 22.0. The Bertz CT molecular complexity index is 869. The predicted molar refractivity (Wildman–Crippen MR) is 142 cm³/mol. The molecule has 0 N–H and O–H groups in total. The lowest BCUT2D eigenvalue weighted by Gasteiger charge is -2.47. The number of ketones is 1. The van der Waals surface area contributed by atoms with E-state index < -0.39 is 39.3 Å². The van der Waals surface area contributed by atoms with Gasteiger partial charge < -0.3 is 18.8 Å². The van der Waals surface area contributed by atoms with Crippen molar-refractivity contribution >= 4 is 34.4 Å². The van der Waals surface area contributed by atoms with Gasteiger partial charge in [-0.25, -0.2) is 14.9 Å². The Morgan fingerprint density at radius 1 is 0.833 bits per heavy atom. The first kappa shape index (κ1) is 33.6. The third kappa shape index (κ3) is 14.2. The molecule has 0 saturated carbocycles. The van der Waals surface area contributed by atoms with Crippen LogP contribution in [0.15, 0.2) is 0 Å². The Kier molecular flexibility index (Phi) is 11.4. The van der Waals surface area contributed by atoms with Gasteiger partial charge in [0.05, 0.1) is 26.2 Å². The van der Waals surface area contributed by atoms with Crippen LogP contribution >= 0.6 is 0 Å². The first-order valence-electron chi connectivity index (χ1n) is 11.9. The maximum atomic E-state index is 11.8. The molecular weight excluding hydrogens is 496 g/mol. The van der Waals surface area contributed by atoms with Crippen LogP contribution in [-0.2, 0) is 18.7 Å². The molecule has 2 amide bonds. The summed E-state index contributed by atoms with van der Waals surface area (Å²) in [6.45, 7) is 24.0. The van der Waals surface area contributed by atoms with Gasteiger partial charge in [0, 0.05) is 5.69 Å². The molecule has 2 heterocycles. The van der Waals surface area contributed by atoms with E-state index in [0.717, 1.165) is 0 Å². The van der Waals surface area contributed by atoms with Crippen molar-refractivity contribution in [3.63, 3.8) is 0 Å². The Labute approximate surface area is 218 Å². The summed E-state index contributed by atoms with van der Waals surface area (Å²) in [5, 5.41) is 17.4. The van der Waals surface area contributed by atoms with Crippen LogP contribution in [0.5, 0.6) is 0 Å². The summed E-state index contributed by atoms with van der Waals surface area (Å²) in [6, 6.07) is 2.18. The van der Waals surface area contributed by atoms with E-state index in [2.05, 4.69) is 11.8 Å². The van der Waals surface area contributed by atoms with Gasteiger partial charge in [0.25, 0.3) is 0 Å². The number of amides is 2. The minimum atomic E-state index is -1.80. The molecule has 0 aromatic rings. The molecule has 2 saturated heterocycles. The normalized spacial score (nSPS) is 16.9. The average Bonchev–Trinajstić information content (AvgIpc) is 2.58. The quantitative estimate of drug-likeness (QED) is 0.466. The van der Waals surface area contributed by atoms with Gasteiger partial charge in [-0.3, -0.25) is 9.69 Å². The number of carbonyl (C=O) groups is 3. The molecule has 2 fully saturated rings. The summed E-state index contributed by atoms with van der Waals surface area (Å²) in [6.07, 6.45) is -0.783. The molecular formula is C24H44N4O6Si2. The maximum Gasteiger partial charge on any atom is 0.411 e. The highest BCUT2D eigenvalue weighted by Crippen LogP contribution is 2.29. The van der Waals surface area contributed by atoms with Gasteiger partial charge in [-0.05, 0) is 61.2 Å². The van der Waals surface area contributed by atoms with Crippen molar-refractivity contribution < 1.29 is 28.3 Å². The number of hydrogen-bond donors (Lipinski definition) is 0. The standard InChI is InChI=1S/C12H22N2O3Si.C8H13NO3.C4H9NSi/c1-11(2,3)16-10(15)14-8-12(7-13,9-14)17-18(4,5)6;1-8(2,3)12-7(11)9-4-6(10)5-9;1-6(2,3)4-5/h8-9H2,1-6H3;4-5H2,1-3H3;1-3H3. The van der Waals surface area contributed by atoms with E-state index in [-0.39, 0.29) is 25.0 Å². The number of likely N-dealkylation sites (tertiary alicyclic amines) is 2. The van der Waals surface area contributed by atoms with Crippen molar-refractivity contribution in [2.75, 3.05) is 26.2 Å². The number of hydrogen-bond acceptors (Lipinski definition) is 8. The fraction of sp³-hybridized carbons (Fsp3) is 0.792. The number of Topliss-reactive ketones (excluding diaryl/α,β-unsaturated/α-hetero) is 1. The molecule has 0 radical (unpaired) electrons. The van der Waals surface area contributed by atoms with E-state index >= 15 is 0 Å². The predicted octanol–water partition coefficient (Wildman–Crippen LogP) is 4.54. The number of nitriles is 2. The molecule has 2 aliphatic rings. The van der Waals surface area contributed by atoms with Crippen LogP contribution in [0.3, 0.4) is 0 Å². The number of nitrogens with zero attached hydrogens (tertiary/aromatic N) is 4. The summed E-state index contributed by atoms with van der Waals surface area (Å²) in [7, 11) is -3.12. The first-order chi connectivity index (χ1) is 15.9. The molecule has 0 aromatic heterocycles. The first-order valence-corrected chi connectivity index (χ1v) is 18.8. The van der Waals surface area contributed by atoms with Gasteiger partial charge in [0.15, 0.2) is 27.8 Å². The molecule has 0 unspecified atom stereocenters. The smallest absolute Gasteiger partial charge is 0.411 e. The van der Waals surface area contributed by atoms with Crippen molar-refractivity contribution in [3.05, 3.63) is 0 Å². The van der Waals surface area contributed by atoms with Crippen LogP contribution in [0.25, 0.3) is 0 Å².